The Morgan fingerprint density at radius 3 is 2.88 bits per heavy atom. The monoisotopic (exact) mass is 378 g/mol. The van der Waals surface area contributed by atoms with Crippen molar-refractivity contribution in [3.05, 3.63) is 24.4 Å². The lowest BCUT2D eigenvalue weighted by atomic mass is 9.93. The summed E-state index contributed by atoms with van der Waals surface area (Å²) in [6.45, 7) is 2.35. The molecule has 0 bridgehead atoms. The van der Waals surface area contributed by atoms with Gasteiger partial charge in [-0.1, -0.05) is 6.07 Å². The number of amides is 1. The highest BCUT2D eigenvalue weighted by Gasteiger charge is 2.18. The molecule has 8 heteroatoms. The Hall–Kier alpha value is -2.25. The highest BCUT2D eigenvalue weighted by Crippen LogP contribution is 2.37. The molecule has 26 heavy (non-hydrogen) atoms. The van der Waals surface area contributed by atoms with E-state index in [1.807, 2.05) is 18.2 Å². The van der Waals surface area contributed by atoms with E-state index in [0.29, 0.717) is 23.9 Å². The number of nitrogens with one attached hydrogen (secondary N) is 3. The second-order valence-electron chi connectivity index (χ2n) is 6.51. The van der Waals surface area contributed by atoms with Crippen LogP contribution in [0.1, 0.15) is 25.7 Å². The van der Waals surface area contributed by atoms with Crippen LogP contribution in [0, 0.1) is 5.92 Å². The van der Waals surface area contributed by atoms with E-state index in [4.69, 9.17) is 9.47 Å². The Labute approximate surface area is 158 Å². The van der Waals surface area contributed by atoms with Gasteiger partial charge < -0.3 is 20.1 Å². The molecule has 0 radical (unpaired) electrons. The van der Waals surface area contributed by atoms with Crippen molar-refractivity contribution >= 4 is 24.1 Å². The minimum atomic E-state index is 0. The van der Waals surface area contributed by atoms with Gasteiger partial charge in [0.2, 0.25) is 12.7 Å². The summed E-state index contributed by atoms with van der Waals surface area (Å²) in [5.41, 5.74) is 1.76. The molecule has 0 atom stereocenters. The van der Waals surface area contributed by atoms with Crippen LogP contribution in [0.15, 0.2) is 24.4 Å². The molecule has 0 saturated carbocycles. The first-order chi connectivity index (χ1) is 12.3. The quantitative estimate of drug-likeness (QED) is 0.744. The first kappa shape index (κ1) is 18.5. The van der Waals surface area contributed by atoms with Crippen LogP contribution < -0.4 is 20.1 Å². The molecule has 1 saturated heterocycles. The molecule has 7 nitrogen and oxygen atoms in total. The van der Waals surface area contributed by atoms with Crippen molar-refractivity contribution < 1.29 is 14.3 Å². The second-order valence-corrected chi connectivity index (χ2v) is 6.51. The lowest BCUT2D eigenvalue weighted by Gasteiger charge is -2.22. The van der Waals surface area contributed by atoms with Crippen LogP contribution in [0.4, 0.5) is 5.82 Å². The summed E-state index contributed by atoms with van der Waals surface area (Å²) < 4.78 is 10.8. The normalized spacial score (nSPS) is 16.2. The number of benzene rings is 1. The Kier molecular flexibility index (Phi) is 6.00. The number of hydrogen-bond donors (Lipinski definition) is 3. The molecule has 140 valence electrons. The van der Waals surface area contributed by atoms with Crippen molar-refractivity contribution in [3.63, 3.8) is 0 Å². The molecule has 0 spiro atoms. The molecular weight excluding hydrogens is 356 g/mol. The Bertz CT molecular complexity index is 759. The molecule has 1 aromatic heterocycles. The van der Waals surface area contributed by atoms with E-state index in [-0.39, 0.29) is 25.1 Å². The van der Waals surface area contributed by atoms with E-state index in [1.165, 1.54) is 0 Å². The van der Waals surface area contributed by atoms with Gasteiger partial charge in [0.1, 0.15) is 5.82 Å². The van der Waals surface area contributed by atoms with E-state index >= 15 is 0 Å². The van der Waals surface area contributed by atoms with Crippen LogP contribution in [-0.4, -0.2) is 36.0 Å². The third-order valence-corrected chi connectivity index (χ3v) is 4.83. The van der Waals surface area contributed by atoms with Crippen molar-refractivity contribution in [2.24, 2.45) is 5.92 Å². The summed E-state index contributed by atoms with van der Waals surface area (Å²) >= 11 is 0. The molecule has 0 unspecified atom stereocenters. The number of carbonyl (C=O) groups is 1. The fourth-order valence-electron chi connectivity index (χ4n) is 3.37. The number of nitrogens with zero attached hydrogens (tertiary/aromatic N) is 1. The molecule has 1 amide bonds. The van der Waals surface area contributed by atoms with Crippen molar-refractivity contribution in [1.82, 2.24) is 15.5 Å². The predicted octanol–water partition coefficient (Wildman–Crippen LogP) is 2.95. The lowest BCUT2D eigenvalue weighted by Crippen LogP contribution is -2.28. The lowest BCUT2D eigenvalue weighted by molar-refractivity contribution is -0.116. The van der Waals surface area contributed by atoms with Gasteiger partial charge >= 0.3 is 0 Å². The number of hydrogen-bond acceptors (Lipinski definition) is 5. The minimum absolute atomic E-state index is 0. The highest BCUT2D eigenvalue weighted by molar-refractivity contribution is 5.94. The van der Waals surface area contributed by atoms with Gasteiger partial charge in [-0.15, -0.1) is 12.4 Å². The third-order valence-electron chi connectivity index (χ3n) is 4.83. The van der Waals surface area contributed by atoms with Crippen LogP contribution in [-0.2, 0) is 4.79 Å². The minimum Gasteiger partial charge on any atom is -0.454 e. The van der Waals surface area contributed by atoms with Crippen molar-refractivity contribution in [2.45, 2.75) is 25.7 Å². The van der Waals surface area contributed by atoms with E-state index in [2.05, 4.69) is 20.8 Å². The summed E-state index contributed by atoms with van der Waals surface area (Å²) in [7, 11) is 0. The Balaban J connectivity index is 0.00000196. The number of ether oxygens (including phenoxy) is 2. The van der Waals surface area contributed by atoms with Crippen LogP contribution >= 0.6 is 12.4 Å². The zero-order valence-corrected chi connectivity index (χ0v) is 15.2. The van der Waals surface area contributed by atoms with E-state index in [1.54, 1.807) is 6.20 Å². The number of H-pyrrole nitrogens is 1. The van der Waals surface area contributed by atoms with Crippen LogP contribution in [0.2, 0.25) is 0 Å². The van der Waals surface area contributed by atoms with Crippen LogP contribution in [0.5, 0.6) is 11.5 Å². The number of fused-ring (bicyclic) bond motifs is 1. The van der Waals surface area contributed by atoms with Gasteiger partial charge in [-0.2, -0.15) is 5.10 Å². The fraction of sp³-hybridized carbons (Fsp3) is 0.444. The largest absolute Gasteiger partial charge is 0.454 e. The topological polar surface area (TPSA) is 88.3 Å². The first-order valence-electron chi connectivity index (χ1n) is 8.73. The zero-order valence-electron chi connectivity index (χ0n) is 14.4. The van der Waals surface area contributed by atoms with Gasteiger partial charge in [0.15, 0.2) is 11.5 Å². The SMILES string of the molecule is Cl.O=C(CCC1CCNCC1)Nc1[nH]ncc1-c1ccc2c(c1)OCO2. The average molecular weight is 379 g/mol. The molecule has 0 aliphatic carbocycles. The molecule has 2 aromatic rings. The van der Waals surface area contributed by atoms with Crippen molar-refractivity contribution in [1.29, 1.82) is 0 Å². The number of piperidine rings is 1. The Morgan fingerprint density at radius 1 is 1.23 bits per heavy atom. The van der Waals surface area contributed by atoms with E-state index < -0.39 is 0 Å². The molecule has 3 N–H and O–H groups in total. The first-order valence-corrected chi connectivity index (χ1v) is 8.73. The fourth-order valence-corrected chi connectivity index (χ4v) is 3.37. The summed E-state index contributed by atoms with van der Waals surface area (Å²) in [5.74, 6) is 2.72. The molecular formula is C18H23ClN4O3. The molecule has 3 heterocycles. The van der Waals surface area contributed by atoms with Crippen molar-refractivity contribution in [2.75, 3.05) is 25.2 Å². The van der Waals surface area contributed by atoms with Gasteiger partial charge in [-0.05, 0) is 56.0 Å². The number of carbonyl (C=O) groups excluding carboxylic acids is 1. The highest BCUT2D eigenvalue weighted by atomic mass is 35.5. The number of aromatic nitrogens is 2. The number of aromatic amines is 1. The van der Waals surface area contributed by atoms with Crippen LogP contribution in [0.25, 0.3) is 11.1 Å². The van der Waals surface area contributed by atoms with Gasteiger partial charge in [0, 0.05) is 12.0 Å². The molecule has 4 rings (SSSR count). The average Bonchev–Trinajstić information content (AvgIpc) is 3.29. The third kappa shape index (κ3) is 4.11. The Morgan fingerprint density at radius 2 is 2.04 bits per heavy atom. The smallest absolute Gasteiger partial charge is 0.231 e. The maximum atomic E-state index is 12.3. The van der Waals surface area contributed by atoms with Gasteiger partial charge in [0.05, 0.1) is 6.20 Å². The predicted molar refractivity (Wildman–Crippen MR) is 101 cm³/mol. The zero-order chi connectivity index (χ0) is 17.1. The van der Waals surface area contributed by atoms with Crippen LogP contribution in [0.3, 0.4) is 0 Å². The van der Waals surface area contributed by atoms with Gasteiger partial charge in [-0.3, -0.25) is 9.89 Å². The van der Waals surface area contributed by atoms with Gasteiger partial charge in [-0.25, -0.2) is 0 Å². The molecule has 1 fully saturated rings. The maximum absolute atomic E-state index is 12.3. The summed E-state index contributed by atoms with van der Waals surface area (Å²) in [5, 5.41) is 13.3. The number of anilines is 1. The molecule has 2 aliphatic rings. The molecule has 1 aromatic carbocycles. The second kappa shape index (κ2) is 8.42. The van der Waals surface area contributed by atoms with E-state index in [9.17, 15) is 4.79 Å². The number of halogens is 1. The standard InChI is InChI=1S/C18H22N4O3.ClH/c23-17(4-1-12-5-7-19-8-6-12)21-18-14(10-20-22-18)13-2-3-15-16(9-13)25-11-24-15;/h2-3,9-10,12,19H,1,4-8,11H2,(H2,20,21,22,23);1H. The summed E-state index contributed by atoms with van der Waals surface area (Å²) in [6, 6.07) is 5.70. The number of rotatable bonds is 5. The summed E-state index contributed by atoms with van der Waals surface area (Å²) in [4.78, 5) is 12.3. The molecule has 2 aliphatic heterocycles. The van der Waals surface area contributed by atoms with E-state index in [0.717, 1.165) is 49.2 Å². The van der Waals surface area contributed by atoms with Crippen molar-refractivity contribution in [3.8, 4) is 22.6 Å². The van der Waals surface area contributed by atoms with Gasteiger partial charge in [0.25, 0.3) is 0 Å². The summed E-state index contributed by atoms with van der Waals surface area (Å²) in [6.07, 6.45) is 5.48. The maximum Gasteiger partial charge on any atom is 0.231 e.